The third kappa shape index (κ3) is 5.90. The van der Waals surface area contributed by atoms with Crippen LogP contribution >= 0.6 is 11.8 Å². The lowest BCUT2D eigenvalue weighted by Gasteiger charge is -2.28. The van der Waals surface area contributed by atoms with Gasteiger partial charge < -0.3 is 14.8 Å². The van der Waals surface area contributed by atoms with E-state index in [9.17, 15) is 9.18 Å². The van der Waals surface area contributed by atoms with E-state index in [1.807, 2.05) is 38.1 Å². The van der Waals surface area contributed by atoms with Crippen molar-refractivity contribution < 1.29 is 18.7 Å². The number of hydrogen-bond acceptors (Lipinski definition) is 7. The maximum absolute atomic E-state index is 14.1. The highest BCUT2D eigenvalue weighted by Gasteiger charge is 2.35. The van der Waals surface area contributed by atoms with Crippen molar-refractivity contribution in [2.45, 2.75) is 57.0 Å². The van der Waals surface area contributed by atoms with E-state index in [0.717, 1.165) is 30.6 Å². The SMILES string of the molecule is CCCCOC(=O)C1=C(C)Nc2nc(SCc3ccccc3F)nn2C1c1cccc(OCCC)c1. The molecule has 1 aliphatic rings. The Kier molecular flexibility index (Phi) is 8.64. The number of carbonyl (C=O) groups excluding carboxylic acids is 1. The van der Waals surface area contributed by atoms with Gasteiger partial charge in [-0.1, -0.05) is 62.4 Å². The molecule has 9 heteroatoms. The van der Waals surface area contributed by atoms with Gasteiger partial charge >= 0.3 is 5.97 Å². The normalized spacial score (nSPS) is 14.8. The predicted octanol–water partition coefficient (Wildman–Crippen LogP) is 6.13. The molecule has 7 nitrogen and oxygen atoms in total. The number of nitrogens with zero attached hydrogens (tertiary/aromatic N) is 3. The van der Waals surface area contributed by atoms with Gasteiger partial charge in [0.25, 0.3) is 0 Å². The molecule has 1 atom stereocenters. The number of carbonyl (C=O) groups is 1. The number of halogens is 1. The van der Waals surface area contributed by atoms with Crippen molar-refractivity contribution in [1.82, 2.24) is 14.8 Å². The van der Waals surface area contributed by atoms with Gasteiger partial charge in [0.1, 0.15) is 17.6 Å². The summed E-state index contributed by atoms with van der Waals surface area (Å²) in [5, 5.41) is 8.40. The van der Waals surface area contributed by atoms with Crippen LogP contribution in [0.1, 0.15) is 57.2 Å². The van der Waals surface area contributed by atoms with Gasteiger partial charge in [-0.15, -0.1) is 5.10 Å². The number of benzene rings is 2. The van der Waals surface area contributed by atoms with Crippen molar-refractivity contribution in [3.63, 3.8) is 0 Å². The van der Waals surface area contributed by atoms with Crippen LogP contribution in [0.4, 0.5) is 10.3 Å². The zero-order valence-corrected chi connectivity index (χ0v) is 21.6. The monoisotopic (exact) mass is 510 g/mol. The van der Waals surface area contributed by atoms with Crippen LogP contribution in [-0.2, 0) is 15.3 Å². The zero-order valence-electron chi connectivity index (χ0n) is 20.8. The van der Waals surface area contributed by atoms with Crippen molar-refractivity contribution in [2.75, 3.05) is 18.5 Å². The molecule has 2 heterocycles. The van der Waals surface area contributed by atoms with Crippen molar-refractivity contribution >= 4 is 23.7 Å². The third-order valence-electron chi connectivity index (χ3n) is 5.75. The summed E-state index contributed by atoms with van der Waals surface area (Å²) in [5.41, 5.74) is 2.55. The van der Waals surface area contributed by atoms with Gasteiger partial charge in [-0.3, -0.25) is 0 Å². The Morgan fingerprint density at radius 2 is 1.97 bits per heavy atom. The second-order valence-corrected chi connectivity index (χ2v) is 9.46. The molecule has 1 aliphatic heterocycles. The Bertz CT molecular complexity index is 1240. The molecule has 0 saturated heterocycles. The van der Waals surface area contributed by atoms with Gasteiger partial charge in [0.05, 0.1) is 18.8 Å². The average molecular weight is 511 g/mol. The van der Waals surface area contributed by atoms with E-state index >= 15 is 0 Å². The maximum Gasteiger partial charge on any atom is 0.338 e. The number of thioether (sulfide) groups is 1. The fraction of sp³-hybridized carbons (Fsp3) is 0.370. The second-order valence-electron chi connectivity index (χ2n) is 8.52. The highest BCUT2D eigenvalue weighted by atomic mass is 32.2. The fourth-order valence-corrected chi connectivity index (χ4v) is 4.72. The largest absolute Gasteiger partial charge is 0.494 e. The number of nitrogens with one attached hydrogen (secondary N) is 1. The molecule has 2 aromatic carbocycles. The number of aromatic nitrogens is 3. The number of hydrogen-bond donors (Lipinski definition) is 1. The molecule has 0 spiro atoms. The van der Waals surface area contributed by atoms with Crippen LogP contribution < -0.4 is 10.1 Å². The number of fused-ring (bicyclic) bond motifs is 1. The van der Waals surface area contributed by atoms with Crippen LogP contribution in [0.15, 0.2) is 65.0 Å². The molecule has 3 aromatic rings. The summed E-state index contributed by atoms with van der Waals surface area (Å²) in [6.45, 7) is 6.89. The standard InChI is InChI=1S/C27H31FN4O3S/c1-4-6-15-35-25(33)23-18(3)29-26-30-27(36-17-20-10-7-8-13-22(20)28)31-32(26)24(23)19-11-9-12-21(16-19)34-14-5-2/h7-13,16,24H,4-6,14-15,17H2,1-3H3,(H,29,30,31). The molecule has 0 amide bonds. The van der Waals surface area contributed by atoms with E-state index in [1.165, 1.54) is 17.8 Å². The Morgan fingerprint density at radius 3 is 2.75 bits per heavy atom. The summed E-state index contributed by atoms with van der Waals surface area (Å²) in [7, 11) is 0. The number of unbranched alkanes of at least 4 members (excludes halogenated alkanes) is 1. The lowest BCUT2D eigenvalue weighted by molar-refractivity contribution is -0.139. The summed E-state index contributed by atoms with van der Waals surface area (Å²) in [6.07, 6.45) is 2.61. The molecule has 1 N–H and O–H groups in total. The third-order valence-corrected chi connectivity index (χ3v) is 6.63. The predicted molar refractivity (Wildman–Crippen MR) is 139 cm³/mol. The van der Waals surface area contributed by atoms with E-state index in [2.05, 4.69) is 17.2 Å². The molecular formula is C27H31FN4O3S. The van der Waals surface area contributed by atoms with E-state index in [0.29, 0.717) is 46.9 Å². The van der Waals surface area contributed by atoms with Crippen LogP contribution in [0.2, 0.25) is 0 Å². The lowest BCUT2D eigenvalue weighted by Crippen LogP contribution is -2.29. The molecule has 1 unspecified atom stereocenters. The Labute approximate surface area is 215 Å². The summed E-state index contributed by atoms with van der Waals surface area (Å²) in [4.78, 5) is 17.9. The summed E-state index contributed by atoms with van der Waals surface area (Å²) >= 11 is 1.34. The van der Waals surface area contributed by atoms with Crippen LogP contribution in [0.25, 0.3) is 0 Å². The average Bonchev–Trinajstić information content (AvgIpc) is 3.28. The minimum Gasteiger partial charge on any atom is -0.494 e. The molecule has 0 bridgehead atoms. The topological polar surface area (TPSA) is 78.3 Å². The quantitative estimate of drug-likeness (QED) is 0.189. The highest BCUT2D eigenvalue weighted by molar-refractivity contribution is 7.98. The Hall–Kier alpha value is -3.33. The number of anilines is 1. The molecule has 0 saturated carbocycles. The molecule has 0 aliphatic carbocycles. The summed E-state index contributed by atoms with van der Waals surface area (Å²) in [6, 6.07) is 13.8. The fourth-order valence-electron chi connectivity index (χ4n) is 3.90. The van der Waals surface area contributed by atoms with Crippen LogP contribution in [-0.4, -0.2) is 33.9 Å². The molecule has 36 heavy (non-hydrogen) atoms. The first kappa shape index (κ1) is 25.8. The minimum absolute atomic E-state index is 0.261. The number of rotatable bonds is 11. The zero-order chi connectivity index (χ0) is 25.5. The molecule has 1 aromatic heterocycles. The summed E-state index contributed by atoms with van der Waals surface area (Å²) < 4.78 is 27.3. The molecule has 190 valence electrons. The molecule has 4 rings (SSSR count). The van der Waals surface area contributed by atoms with Crippen molar-refractivity contribution in [2.24, 2.45) is 0 Å². The van der Waals surface area contributed by atoms with Crippen LogP contribution in [0.3, 0.4) is 0 Å². The number of esters is 1. The van der Waals surface area contributed by atoms with E-state index in [1.54, 1.807) is 22.9 Å². The first-order valence-corrected chi connectivity index (χ1v) is 13.2. The van der Waals surface area contributed by atoms with Crippen molar-refractivity contribution in [3.8, 4) is 5.75 Å². The van der Waals surface area contributed by atoms with E-state index in [4.69, 9.17) is 14.6 Å². The van der Waals surface area contributed by atoms with Gasteiger partial charge in [-0.05, 0) is 49.1 Å². The summed E-state index contributed by atoms with van der Waals surface area (Å²) in [5.74, 6) is 0.974. The van der Waals surface area contributed by atoms with Gasteiger partial charge in [0.2, 0.25) is 11.1 Å². The second kappa shape index (κ2) is 12.1. The molecular weight excluding hydrogens is 479 g/mol. The minimum atomic E-state index is -0.545. The Morgan fingerprint density at radius 1 is 1.14 bits per heavy atom. The van der Waals surface area contributed by atoms with Gasteiger partial charge in [0.15, 0.2) is 0 Å². The highest BCUT2D eigenvalue weighted by Crippen LogP contribution is 2.38. The van der Waals surface area contributed by atoms with E-state index < -0.39 is 6.04 Å². The lowest BCUT2D eigenvalue weighted by atomic mass is 9.95. The molecule has 0 radical (unpaired) electrons. The van der Waals surface area contributed by atoms with Crippen molar-refractivity contribution in [1.29, 1.82) is 0 Å². The van der Waals surface area contributed by atoms with Crippen LogP contribution in [0, 0.1) is 5.82 Å². The first-order chi connectivity index (χ1) is 17.5. The maximum atomic E-state index is 14.1. The van der Waals surface area contributed by atoms with Gasteiger partial charge in [-0.2, -0.15) is 4.98 Å². The van der Waals surface area contributed by atoms with Gasteiger partial charge in [-0.25, -0.2) is 13.9 Å². The van der Waals surface area contributed by atoms with Crippen LogP contribution in [0.5, 0.6) is 5.75 Å². The van der Waals surface area contributed by atoms with Gasteiger partial charge in [0, 0.05) is 11.4 Å². The number of allylic oxidation sites excluding steroid dienone is 1. The Balaban J connectivity index is 1.68. The van der Waals surface area contributed by atoms with Crippen molar-refractivity contribution in [3.05, 3.63) is 76.7 Å². The molecule has 0 fully saturated rings. The van der Waals surface area contributed by atoms with E-state index in [-0.39, 0.29) is 11.8 Å². The number of ether oxygens (including phenoxy) is 2. The smallest absolute Gasteiger partial charge is 0.338 e. The first-order valence-electron chi connectivity index (χ1n) is 12.2.